The monoisotopic (exact) mass is 902 g/mol. The van der Waals surface area contributed by atoms with Gasteiger partial charge >= 0.3 is 0 Å². The fourth-order valence-electron chi connectivity index (χ4n) is 6.73. The number of nitrogens with zero attached hydrogens (tertiary/aromatic N) is 1. The summed E-state index contributed by atoms with van der Waals surface area (Å²) in [6.45, 7) is -0.842. The minimum absolute atomic E-state index is 0.0463. The van der Waals surface area contributed by atoms with E-state index in [1.165, 1.54) is 18.7 Å². The van der Waals surface area contributed by atoms with Crippen LogP contribution in [0.4, 0.5) is 0 Å². The van der Waals surface area contributed by atoms with E-state index in [-0.39, 0.29) is 38.5 Å². The van der Waals surface area contributed by atoms with Gasteiger partial charge in [-0.1, -0.05) is 6.42 Å². The minimum atomic E-state index is -1.79. The van der Waals surface area contributed by atoms with Gasteiger partial charge in [0.2, 0.25) is 17.7 Å². The predicted octanol–water partition coefficient (Wildman–Crippen LogP) is -7.98. The smallest absolute Gasteiger partial charge is 0.234 e. The number of Topliss-reactive ketones (excluding diaryl/α,β-unsaturated/α-hetero) is 1. The highest BCUT2D eigenvalue weighted by Gasteiger charge is 2.46. The fourth-order valence-corrected chi connectivity index (χ4v) is 6.73. The number of amides is 3. The van der Waals surface area contributed by atoms with Crippen LogP contribution < -0.4 is 16.0 Å². The summed E-state index contributed by atoms with van der Waals surface area (Å²) in [6.07, 6.45) is -20.5. The first-order valence-electron chi connectivity index (χ1n) is 20.6. The van der Waals surface area contributed by atoms with Gasteiger partial charge in [-0.15, -0.1) is 0 Å². The predicted molar refractivity (Wildman–Crippen MR) is 206 cm³/mol. The lowest BCUT2D eigenvalue weighted by atomic mass is 9.99. The number of nitrogens with one attached hydrogen (secondary N) is 3. The van der Waals surface area contributed by atoms with E-state index >= 15 is 0 Å². The summed E-state index contributed by atoms with van der Waals surface area (Å²) in [6, 6.07) is -1.05. The molecule has 3 aliphatic rings. The Labute approximate surface area is 357 Å². The summed E-state index contributed by atoms with van der Waals surface area (Å²) >= 11 is 0. The first kappa shape index (κ1) is 53.7. The van der Waals surface area contributed by atoms with E-state index in [9.17, 15) is 75.3 Å². The van der Waals surface area contributed by atoms with Crippen molar-refractivity contribution in [1.82, 2.24) is 20.9 Å². The molecule has 3 fully saturated rings. The third-order valence-corrected chi connectivity index (χ3v) is 10.4. The summed E-state index contributed by atoms with van der Waals surface area (Å²) < 4.78 is 32.8. The van der Waals surface area contributed by atoms with Gasteiger partial charge < -0.3 is 105 Å². The zero-order chi connectivity index (χ0) is 46.1. The largest absolute Gasteiger partial charge is 0.394 e. The molecule has 0 saturated carbocycles. The second-order valence-electron chi connectivity index (χ2n) is 15.6. The Balaban J connectivity index is 1.67. The van der Waals surface area contributed by atoms with E-state index in [4.69, 9.17) is 28.4 Å². The number of unbranched alkanes of at least 4 members (excludes halogenated alkanes) is 2. The molecule has 0 aliphatic carbocycles. The number of hydrogen-bond donors (Lipinski definition) is 14. The standard InChI is InChI=1S/C37H66N4O21/c1-18(44)6-4-3-5-8-38-23(45)12-41(13-24(46)39-9-11-58-35-32(54)29(51)26(48)19(2)60-35)14-25(47)40-20(17-59-37-34(56)31(53)28(50)22(16-43)62-37)7-10-57-36-33(55)30(52)27(49)21(15-42)61-36/h19-22,26-37,42-43,48-56H,3-17H2,1-2H3,(H,38,45)(H,39,46)(H,40,47)/t19-,20?,21+,22+,26+,27+,28+,29+,30-,31-,32-,33-,34-,35+,36-,37-/m0/s1. The van der Waals surface area contributed by atoms with Crippen molar-refractivity contribution < 1.29 is 104 Å². The third kappa shape index (κ3) is 16.7. The molecule has 3 rings (SSSR count). The normalized spacial score (nSPS) is 34.4. The molecule has 0 aromatic heterocycles. The van der Waals surface area contributed by atoms with Crippen LogP contribution in [0.2, 0.25) is 0 Å². The molecule has 0 spiro atoms. The summed E-state index contributed by atoms with van der Waals surface area (Å²) in [4.78, 5) is 52.0. The molecule has 1 unspecified atom stereocenters. The Morgan fingerprint density at radius 2 is 1.06 bits per heavy atom. The average molecular weight is 903 g/mol. The van der Waals surface area contributed by atoms with Crippen LogP contribution in [0.3, 0.4) is 0 Å². The number of carbonyl (C=O) groups is 4. The third-order valence-electron chi connectivity index (χ3n) is 10.4. The topological polar surface area (TPSA) is 386 Å². The van der Waals surface area contributed by atoms with Crippen molar-refractivity contribution in [3.8, 4) is 0 Å². The van der Waals surface area contributed by atoms with Crippen molar-refractivity contribution in [2.24, 2.45) is 0 Å². The van der Waals surface area contributed by atoms with Crippen LogP contribution in [0.25, 0.3) is 0 Å². The van der Waals surface area contributed by atoms with Crippen LogP contribution >= 0.6 is 0 Å². The molecule has 25 nitrogen and oxygen atoms in total. The lowest BCUT2D eigenvalue weighted by Crippen LogP contribution is -2.60. The van der Waals surface area contributed by atoms with Crippen molar-refractivity contribution in [1.29, 1.82) is 0 Å². The van der Waals surface area contributed by atoms with Gasteiger partial charge in [0.15, 0.2) is 18.9 Å². The Kier molecular flexibility index (Phi) is 23.4. The lowest BCUT2D eigenvalue weighted by molar-refractivity contribution is -0.304. The van der Waals surface area contributed by atoms with Gasteiger partial charge in [-0.25, -0.2) is 0 Å². The highest BCUT2D eigenvalue weighted by atomic mass is 16.7. The van der Waals surface area contributed by atoms with Crippen molar-refractivity contribution in [3.05, 3.63) is 0 Å². The van der Waals surface area contributed by atoms with E-state index < -0.39 is 155 Å². The number of ether oxygens (including phenoxy) is 6. The second kappa shape index (κ2) is 27.0. The molecule has 62 heavy (non-hydrogen) atoms. The van der Waals surface area contributed by atoms with Gasteiger partial charge in [0.1, 0.15) is 72.9 Å². The molecule has 16 atom stereocenters. The zero-order valence-electron chi connectivity index (χ0n) is 34.8. The molecule has 0 aromatic carbocycles. The quantitative estimate of drug-likeness (QED) is 0.0359. The minimum Gasteiger partial charge on any atom is -0.394 e. The highest BCUT2D eigenvalue weighted by Crippen LogP contribution is 2.24. The van der Waals surface area contributed by atoms with Crippen LogP contribution in [0.5, 0.6) is 0 Å². The Bertz CT molecular complexity index is 1370. The van der Waals surface area contributed by atoms with Gasteiger partial charge in [-0.05, 0) is 33.1 Å². The molecule has 3 amide bonds. The Hall–Kier alpha value is -2.64. The van der Waals surface area contributed by atoms with Crippen molar-refractivity contribution in [2.75, 3.05) is 65.8 Å². The SMILES string of the molecule is CC(=O)CCCCCNC(=O)CN(CC(=O)NCCO[C@@H]1O[C@@H](C)[C@@H](O)[C@@H](O)[C@@H]1O)CC(=O)NC(CCO[C@H]1O[C@H](CO)[C@@H](O)[C@H](O)[C@@H]1O)CO[C@H]1O[C@H](CO)[C@@H](O)[C@H](O)[C@@H]1O. The van der Waals surface area contributed by atoms with Gasteiger partial charge in [0.25, 0.3) is 0 Å². The van der Waals surface area contributed by atoms with E-state index in [1.807, 2.05) is 0 Å². The molecule has 360 valence electrons. The molecule has 0 aromatic rings. The first-order chi connectivity index (χ1) is 29.4. The summed E-state index contributed by atoms with van der Waals surface area (Å²) in [5.74, 6) is -1.89. The average Bonchev–Trinajstić information content (AvgIpc) is 3.23. The molecule has 3 aliphatic heterocycles. The molecule has 25 heteroatoms. The Morgan fingerprint density at radius 3 is 1.61 bits per heavy atom. The molecule has 3 saturated heterocycles. The number of rotatable bonds is 26. The number of ketones is 1. The molecule has 0 bridgehead atoms. The van der Waals surface area contributed by atoms with Crippen molar-refractivity contribution in [3.63, 3.8) is 0 Å². The number of hydrogen-bond acceptors (Lipinski definition) is 22. The highest BCUT2D eigenvalue weighted by molar-refractivity contribution is 5.84. The summed E-state index contributed by atoms with van der Waals surface area (Å²) in [5.41, 5.74) is 0. The maximum Gasteiger partial charge on any atom is 0.234 e. The van der Waals surface area contributed by atoms with E-state index in [0.29, 0.717) is 25.7 Å². The van der Waals surface area contributed by atoms with Crippen molar-refractivity contribution >= 4 is 23.5 Å². The molecular formula is C37H66N4O21. The molecular weight excluding hydrogens is 836 g/mol. The summed E-state index contributed by atoms with van der Waals surface area (Å²) in [5, 5.41) is 119. The number of aliphatic hydroxyl groups is 11. The Morgan fingerprint density at radius 1 is 0.581 bits per heavy atom. The van der Waals surface area contributed by atoms with Gasteiger partial charge in [-0.2, -0.15) is 0 Å². The number of carbonyl (C=O) groups excluding carboxylic acids is 4. The van der Waals surface area contributed by atoms with Gasteiger partial charge in [0.05, 0.1) is 64.8 Å². The first-order valence-corrected chi connectivity index (χ1v) is 20.6. The van der Waals surface area contributed by atoms with Crippen LogP contribution in [0, 0.1) is 0 Å². The fraction of sp³-hybridized carbons (Fsp3) is 0.892. The molecule has 0 radical (unpaired) electrons. The maximum absolute atomic E-state index is 13.6. The number of aliphatic hydroxyl groups excluding tert-OH is 11. The van der Waals surface area contributed by atoms with E-state index in [0.717, 1.165) is 0 Å². The van der Waals surface area contributed by atoms with E-state index in [2.05, 4.69) is 16.0 Å². The van der Waals surface area contributed by atoms with E-state index in [1.54, 1.807) is 0 Å². The summed E-state index contributed by atoms with van der Waals surface area (Å²) in [7, 11) is 0. The lowest BCUT2D eigenvalue weighted by Gasteiger charge is -2.40. The van der Waals surface area contributed by atoms with Crippen LogP contribution in [-0.4, -0.2) is 248 Å². The van der Waals surface area contributed by atoms with Gasteiger partial charge in [-0.3, -0.25) is 19.3 Å². The zero-order valence-corrected chi connectivity index (χ0v) is 34.8. The van der Waals surface area contributed by atoms with Crippen molar-refractivity contribution in [2.45, 2.75) is 144 Å². The van der Waals surface area contributed by atoms with Crippen LogP contribution in [0.15, 0.2) is 0 Å². The molecule has 3 heterocycles. The van der Waals surface area contributed by atoms with Crippen LogP contribution in [-0.2, 0) is 47.6 Å². The van der Waals surface area contributed by atoms with Crippen LogP contribution in [0.1, 0.15) is 46.0 Å². The maximum atomic E-state index is 13.6. The van der Waals surface area contributed by atoms with Gasteiger partial charge in [0, 0.05) is 19.5 Å². The second-order valence-corrected chi connectivity index (χ2v) is 15.6. The molecule has 14 N–H and O–H groups in total.